The second kappa shape index (κ2) is 5.98. The van der Waals surface area contributed by atoms with Crippen molar-refractivity contribution in [2.45, 2.75) is 20.5 Å². The molecule has 6 heteroatoms. The van der Waals surface area contributed by atoms with Gasteiger partial charge in [0.15, 0.2) is 0 Å². The number of esters is 1. The molecule has 2 aromatic heterocycles. The Morgan fingerprint density at radius 3 is 2.72 bits per heavy atom. The van der Waals surface area contributed by atoms with Gasteiger partial charge in [-0.3, -0.25) is 4.98 Å². The Bertz CT molecular complexity index is 1090. The van der Waals surface area contributed by atoms with Crippen LogP contribution in [0.4, 0.5) is 0 Å². The molecule has 0 atom stereocenters. The van der Waals surface area contributed by atoms with E-state index in [0.29, 0.717) is 11.3 Å². The van der Waals surface area contributed by atoms with Crippen LogP contribution < -0.4 is 0 Å². The number of hydrogen-bond acceptors (Lipinski definition) is 5. The second-order valence-corrected chi connectivity index (χ2v) is 5.98. The maximum Gasteiger partial charge on any atom is 0.338 e. The van der Waals surface area contributed by atoms with Crippen molar-refractivity contribution < 1.29 is 9.53 Å². The van der Waals surface area contributed by atoms with Gasteiger partial charge in [0.1, 0.15) is 17.8 Å². The highest BCUT2D eigenvalue weighted by atomic mass is 16.5. The molecule has 124 valence electrons. The molecular weight excluding hydrogens is 316 g/mol. The fourth-order valence-corrected chi connectivity index (χ4v) is 2.91. The first kappa shape index (κ1) is 15.3. The van der Waals surface area contributed by atoms with Crippen LogP contribution in [0.5, 0.6) is 0 Å². The van der Waals surface area contributed by atoms with E-state index < -0.39 is 0 Å². The number of hydrogen-bond donors (Lipinski definition) is 0. The highest BCUT2D eigenvalue weighted by molar-refractivity contribution is 5.89. The highest BCUT2D eigenvalue weighted by Gasteiger charge is 2.14. The summed E-state index contributed by atoms with van der Waals surface area (Å²) < 4.78 is 7.10. The van der Waals surface area contributed by atoms with E-state index in [1.54, 1.807) is 35.0 Å². The van der Waals surface area contributed by atoms with Crippen molar-refractivity contribution in [3.63, 3.8) is 0 Å². The van der Waals surface area contributed by atoms with Crippen LogP contribution >= 0.6 is 0 Å². The summed E-state index contributed by atoms with van der Waals surface area (Å²) in [4.78, 5) is 16.6. The lowest BCUT2D eigenvalue weighted by Crippen LogP contribution is -2.05. The molecule has 25 heavy (non-hydrogen) atoms. The van der Waals surface area contributed by atoms with Crippen molar-refractivity contribution >= 4 is 22.5 Å². The topological polar surface area (TPSA) is 69.4 Å². The predicted octanol–water partition coefficient (Wildman–Crippen LogP) is 3.25. The number of benzene rings is 2. The van der Waals surface area contributed by atoms with Crippen LogP contribution in [0.25, 0.3) is 16.6 Å². The molecular formula is C19H16N4O2. The Kier molecular flexibility index (Phi) is 3.65. The van der Waals surface area contributed by atoms with E-state index in [1.807, 2.05) is 26.0 Å². The van der Waals surface area contributed by atoms with Crippen molar-refractivity contribution in [3.05, 3.63) is 71.0 Å². The standard InChI is InChI=1S/C19H16N4O2/c1-12-8-13(2)18-16(9-12)23-17(10-20-18)15(21-22-23)11-25-19(24)14-6-4-3-5-7-14/h3-10H,11H2,1-2H3. The average molecular weight is 332 g/mol. The van der Waals surface area contributed by atoms with Crippen LogP contribution in [0.1, 0.15) is 27.2 Å². The van der Waals surface area contributed by atoms with E-state index in [1.165, 1.54) is 0 Å². The number of rotatable bonds is 3. The average Bonchev–Trinajstić information content (AvgIpc) is 3.04. The molecule has 0 N–H and O–H groups in total. The van der Waals surface area contributed by atoms with Crippen LogP contribution in [0.2, 0.25) is 0 Å². The SMILES string of the molecule is Cc1cc(C)c2ncc3c(COC(=O)c4ccccc4)nnn3c2c1. The van der Waals surface area contributed by atoms with Gasteiger partial charge < -0.3 is 4.74 Å². The monoisotopic (exact) mass is 332 g/mol. The van der Waals surface area contributed by atoms with Crippen molar-refractivity contribution in [2.75, 3.05) is 0 Å². The van der Waals surface area contributed by atoms with Crippen molar-refractivity contribution in [1.29, 1.82) is 0 Å². The molecule has 4 aromatic rings. The summed E-state index contributed by atoms with van der Waals surface area (Å²) in [5.74, 6) is -0.387. The van der Waals surface area contributed by atoms with Gasteiger partial charge in [-0.15, -0.1) is 5.10 Å². The molecule has 4 rings (SSSR count). The number of ether oxygens (including phenoxy) is 1. The number of aryl methyl sites for hydroxylation is 2. The third kappa shape index (κ3) is 2.71. The largest absolute Gasteiger partial charge is 0.455 e. The molecule has 0 aliphatic heterocycles. The van der Waals surface area contributed by atoms with Gasteiger partial charge in [0.25, 0.3) is 0 Å². The zero-order chi connectivity index (χ0) is 17.4. The molecule has 0 fully saturated rings. The molecule has 0 spiro atoms. The summed E-state index contributed by atoms with van der Waals surface area (Å²) in [5, 5.41) is 8.38. The minimum absolute atomic E-state index is 0.0508. The Labute approximate surface area is 144 Å². The highest BCUT2D eigenvalue weighted by Crippen LogP contribution is 2.21. The zero-order valence-electron chi connectivity index (χ0n) is 13.9. The van der Waals surface area contributed by atoms with Crippen molar-refractivity contribution in [2.24, 2.45) is 0 Å². The number of carbonyl (C=O) groups is 1. The summed E-state index contributed by atoms with van der Waals surface area (Å²) in [6.07, 6.45) is 1.72. The van der Waals surface area contributed by atoms with E-state index in [2.05, 4.69) is 21.4 Å². The molecule has 2 heterocycles. The lowest BCUT2D eigenvalue weighted by atomic mass is 10.1. The Balaban J connectivity index is 1.67. The summed E-state index contributed by atoms with van der Waals surface area (Å²) in [6, 6.07) is 13.0. The fourth-order valence-electron chi connectivity index (χ4n) is 2.91. The molecule has 0 unspecified atom stereocenters. The Morgan fingerprint density at radius 2 is 1.92 bits per heavy atom. The van der Waals surface area contributed by atoms with Crippen LogP contribution in [0.15, 0.2) is 48.7 Å². The molecule has 0 amide bonds. The van der Waals surface area contributed by atoms with E-state index in [4.69, 9.17) is 4.74 Å². The molecule has 2 aromatic carbocycles. The summed E-state index contributed by atoms with van der Waals surface area (Å²) in [5.41, 5.74) is 5.82. The van der Waals surface area contributed by atoms with Gasteiger partial charge in [-0.2, -0.15) is 0 Å². The van der Waals surface area contributed by atoms with Gasteiger partial charge in [0.2, 0.25) is 0 Å². The first-order chi connectivity index (χ1) is 12.1. The van der Waals surface area contributed by atoms with E-state index in [0.717, 1.165) is 27.7 Å². The molecule has 0 saturated carbocycles. The fraction of sp³-hybridized carbons (Fsp3) is 0.158. The quantitative estimate of drug-likeness (QED) is 0.539. The molecule has 0 saturated heterocycles. The van der Waals surface area contributed by atoms with Crippen molar-refractivity contribution in [1.82, 2.24) is 19.8 Å². The minimum atomic E-state index is -0.387. The van der Waals surface area contributed by atoms with Gasteiger partial charge in [-0.1, -0.05) is 29.5 Å². The number of carbonyl (C=O) groups excluding carboxylic acids is 1. The first-order valence-electron chi connectivity index (χ1n) is 7.96. The summed E-state index contributed by atoms with van der Waals surface area (Å²) in [7, 11) is 0. The number of aromatic nitrogens is 4. The van der Waals surface area contributed by atoms with Gasteiger partial charge in [-0.05, 0) is 43.2 Å². The van der Waals surface area contributed by atoms with Crippen LogP contribution in [0.3, 0.4) is 0 Å². The van der Waals surface area contributed by atoms with E-state index in [-0.39, 0.29) is 12.6 Å². The third-order valence-electron chi connectivity index (χ3n) is 4.10. The minimum Gasteiger partial charge on any atom is -0.455 e. The lowest BCUT2D eigenvalue weighted by molar-refractivity contribution is 0.0469. The third-order valence-corrected chi connectivity index (χ3v) is 4.10. The Hall–Kier alpha value is -3.28. The lowest BCUT2D eigenvalue weighted by Gasteiger charge is -2.06. The van der Waals surface area contributed by atoms with Crippen LogP contribution in [-0.4, -0.2) is 25.8 Å². The van der Waals surface area contributed by atoms with Crippen molar-refractivity contribution in [3.8, 4) is 0 Å². The molecule has 6 nitrogen and oxygen atoms in total. The summed E-state index contributed by atoms with van der Waals surface area (Å²) in [6.45, 7) is 4.10. The van der Waals surface area contributed by atoms with E-state index >= 15 is 0 Å². The smallest absolute Gasteiger partial charge is 0.338 e. The number of fused-ring (bicyclic) bond motifs is 3. The second-order valence-electron chi connectivity index (χ2n) is 5.98. The maximum atomic E-state index is 12.1. The normalized spacial score (nSPS) is 11.1. The molecule has 0 aliphatic rings. The molecule has 0 bridgehead atoms. The van der Waals surface area contributed by atoms with Crippen LogP contribution in [0, 0.1) is 13.8 Å². The first-order valence-corrected chi connectivity index (χ1v) is 7.96. The predicted molar refractivity (Wildman–Crippen MR) is 93.3 cm³/mol. The van der Waals surface area contributed by atoms with Gasteiger partial charge in [-0.25, -0.2) is 9.31 Å². The molecule has 0 aliphatic carbocycles. The maximum absolute atomic E-state index is 12.1. The van der Waals surface area contributed by atoms with Gasteiger partial charge >= 0.3 is 5.97 Å². The van der Waals surface area contributed by atoms with Crippen LogP contribution in [-0.2, 0) is 11.3 Å². The van der Waals surface area contributed by atoms with Gasteiger partial charge in [0.05, 0.1) is 22.8 Å². The zero-order valence-corrected chi connectivity index (χ0v) is 13.9. The van der Waals surface area contributed by atoms with Gasteiger partial charge in [0, 0.05) is 0 Å². The molecule has 0 radical (unpaired) electrons. The Morgan fingerprint density at radius 1 is 1.12 bits per heavy atom. The summed E-state index contributed by atoms with van der Waals surface area (Å²) >= 11 is 0. The number of nitrogens with zero attached hydrogens (tertiary/aromatic N) is 4. The van der Waals surface area contributed by atoms with E-state index in [9.17, 15) is 4.79 Å².